The summed E-state index contributed by atoms with van der Waals surface area (Å²) in [7, 11) is -3.90. The van der Waals surface area contributed by atoms with Gasteiger partial charge >= 0.3 is 6.18 Å². The molecule has 1 saturated carbocycles. The highest BCUT2D eigenvalue weighted by atomic mass is 32.2. The zero-order valence-electron chi connectivity index (χ0n) is 21.2. The van der Waals surface area contributed by atoms with E-state index in [1.165, 1.54) is 10.7 Å². The number of fused-ring (bicyclic) bond motifs is 1. The first kappa shape index (κ1) is 26.8. The molecule has 5 rings (SSSR count). The molecule has 1 atom stereocenters. The predicted octanol–water partition coefficient (Wildman–Crippen LogP) is 5.43. The van der Waals surface area contributed by atoms with Crippen LogP contribution in [0.1, 0.15) is 56.5 Å². The van der Waals surface area contributed by atoms with Crippen molar-refractivity contribution in [2.24, 2.45) is 0 Å². The first-order valence-electron chi connectivity index (χ1n) is 13.0. The van der Waals surface area contributed by atoms with Crippen LogP contribution in [-0.4, -0.2) is 59.9 Å². The Balaban J connectivity index is 1.30. The molecule has 11 heteroatoms. The minimum Gasteiger partial charge on any atom is -0.474 e. The first-order valence-corrected chi connectivity index (χ1v) is 14.4. The van der Waals surface area contributed by atoms with Gasteiger partial charge in [0, 0.05) is 26.2 Å². The van der Waals surface area contributed by atoms with E-state index < -0.39 is 21.8 Å². The van der Waals surface area contributed by atoms with Crippen LogP contribution < -0.4 is 4.74 Å². The Morgan fingerprint density at radius 2 is 1.58 bits per heavy atom. The highest BCUT2D eigenvalue weighted by Crippen LogP contribution is 2.32. The number of piperazine rings is 1. The fraction of sp³-hybridized carbons (Fsp3) is 0.481. The number of aromatic nitrogens is 2. The van der Waals surface area contributed by atoms with Crippen molar-refractivity contribution in [2.45, 2.75) is 62.2 Å². The highest BCUT2D eigenvalue weighted by Gasteiger charge is 2.34. The second kappa shape index (κ2) is 10.8. The van der Waals surface area contributed by atoms with Crippen LogP contribution in [0.15, 0.2) is 53.4 Å². The molecule has 0 spiro atoms. The van der Waals surface area contributed by atoms with E-state index in [0.29, 0.717) is 24.8 Å². The second-order valence-electron chi connectivity index (χ2n) is 9.92. The van der Waals surface area contributed by atoms with Crippen LogP contribution in [0.5, 0.6) is 5.88 Å². The molecule has 2 heterocycles. The molecule has 0 amide bonds. The van der Waals surface area contributed by atoms with E-state index in [2.05, 4.69) is 4.90 Å². The van der Waals surface area contributed by atoms with E-state index in [1.54, 1.807) is 0 Å². The van der Waals surface area contributed by atoms with Gasteiger partial charge < -0.3 is 4.74 Å². The van der Waals surface area contributed by atoms with Gasteiger partial charge in [0.15, 0.2) is 0 Å². The maximum Gasteiger partial charge on any atom is 0.416 e. The maximum atomic E-state index is 13.1. The van der Waals surface area contributed by atoms with E-state index in [1.807, 2.05) is 31.2 Å². The Morgan fingerprint density at radius 3 is 2.24 bits per heavy atom. The molecular weight excluding hydrogens is 517 g/mol. The molecule has 38 heavy (non-hydrogen) atoms. The molecule has 1 aliphatic heterocycles. The Morgan fingerprint density at radius 1 is 0.921 bits per heavy atom. The van der Waals surface area contributed by atoms with Crippen LogP contribution in [0.4, 0.5) is 13.2 Å². The number of nitrogens with zero attached hydrogens (tertiary/aromatic N) is 4. The number of ether oxygens (including phenoxy) is 1. The number of sulfonamides is 1. The van der Waals surface area contributed by atoms with Crippen molar-refractivity contribution in [3.05, 3.63) is 59.9 Å². The number of alkyl halides is 3. The van der Waals surface area contributed by atoms with Crippen LogP contribution in [0, 0.1) is 0 Å². The summed E-state index contributed by atoms with van der Waals surface area (Å²) in [4.78, 5) is 11.6. The first-order chi connectivity index (χ1) is 18.1. The lowest BCUT2D eigenvalue weighted by molar-refractivity contribution is -0.137. The van der Waals surface area contributed by atoms with Crippen LogP contribution in [-0.2, 0) is 16.2 Å². The number of benzene rings is 2. The average Bonchev–Trinajstić information content (AvgIpc) is 2.93. The van der Waals surface area contributed by atoms with Gasteiger partial charge in [0.05, 0.1) is 27.4 Å². The summed E-state index contributed by atoms with van der Waals surface area (Å²) in [5, 5.41) is 0.876. The van der Waals surface area contributed by atoms with E-state index >= 15 is 0 Å². The van der Waals surface area contributed by atoms with Crippen molar-refractivity contribution in [1.82, 2.24) is 19.2 Å². The molecule has 7 nitrogen and oxygen atoms in total. The molecule has 0 unspecified atom stereocenters. The summed E-state index contributed by atoms with van der Waals surface area (Å²) < 4.78 is 72.4. The maximum absolute atomic E-state index is 13.1. The summed E-state index contributed by atoms with van der Waals surface area (Å²) >= 11 is 0. The highest BCUT2D eigenvalue weighted by molar-refractivity contribution is 7.89. The van der Waals surface area contributed by atoms with Gasteiger partial charge in [0.25, 0.3) is 0 Å². The van der Waals surface area contributed by atoms with Gasteiger partial charge in [-0.3, -0.25) is 4.90 Å². The average molecular weight is 549 g/mol. The lowest BCUT2D eigenvalue weighted by atomic mass is 9.98. The Hall–Kier alpha value is -2.76. The number of rotatable bonds is 6. The molecule has 0 radical (unpaired) electrons. The lowest BCUT2D eigenvalue weighted by Gasteiger charge is -2.37. The zero-order valence-corrected chi connectivity index (χ0v) is 22.0. The molecule has 1 aromatic heterocycles. The van der Waals surface area contributed by atoms with Crippen molar-refractivity contribution in [3.63, 3.8) is 0 Å². The zero-order chi connectivity index (χ0) is 26.9. The number of para-hydroxylation sites is 1. The quantitative estimate of drug-likeness (QED) is 0.409. The Kier molecular flexibility index (Phi) is 7.61. The third-order valence-electron chi connectivity index (χ3n) is 7.43. The van der Waals surface area contributed by atoms with E-state index in [4.69, 9.17) is 14.7 Å². The summed E-state index contributed by atoms with van der Waals surface area (Å²) in [6.07, 6.45) is 1.18. The normalized spacial score (nSPS) is 19.5. The van der Waals surface area contributed by atoms with Crippen LogP contribution in [0.2, 0.25) is 0 Å². The number of halogens is 3. The molecule has 2 aromatic carbocycles. The topological polar surface area (TPSA) is 75.6 Å². The smallest absolute Gasteiger partial charge is 0.416 e. The van der Waals surface area contributed by atoms with Crippen molar-refractivity contribution < 1.29 is 26.3 Å². The second-order valence-corrected chi connectivity index (χ2v) is 11.9. The standard InChI is InChI=1S/C27H31F3N4O3S/c1-19(25-31-24-10-6-5-9-23(24)26(32-25)37-21-7-3-2-4-8-21)33-15-17-34(18-16-33)38(35,36)22-13-11-20(12-14-22)27(28,29)30/h5-6,9-14,19,21H,2-4,7-8,15-18H2,1H3/t19-/m0/s1. The molecule has 1 saturated heterocycles. The summed E-state index contributed by atoms with van der Waals surface area (Å²) in [6.45, 7) is 3.31. The fourth-order valence-electron chi connectivity index (χ4n) is 5.14. The summed E-state index contributed by atoms with van der Waals surface area (Å²) in [5.41, 5.74) is -0.0732. The molecule has 3 aromatic rings. The molecule has 0 N–H and O–H groups in total. The van der Waals surface area contributed by atoms with Crippen molar-refractivity contribution in [1.29, 1.82) is 0 Å². The molecule has 204 valence electrons. The van der Waals surface area contributed by atoms with Gasteiger partial charge in [0.1, 0.15) is 11.9 Å². The van der Waals surface area contributed by atoms with Crippen LogP contribution >= 0.6 is 0 Å². The van der Waals surface area contributed by atoms with Gasteiger partial charge in [-0.05, 0) is 69.0 Å². The molecular formula is C27H31F3N4O3S. The van der Waals surface area contributed by atoms with Crippen molar-refractivity contribution in [2.75, 3.05) is 26.2 Å². The van der Waals surface area contributed by atoms with Gasteiger partial charge in [0.2, 0.25) is 15.9 Å². The van der Waals surface area contributed by atoms with Gasteiger partial charge in [-0.1, -0.05) is 18.6 Å². The molecule has 2 fully saturated rings. The van der Waals surface area contributed by atoms with Crippen molar-refractivity contribution >= 4 is 20.9 Å². The monoisotopic (exact) mass is 548 g/mol. The van der Waals surface area contributed by atoms with Gasteiger partial charge in [-0.25, -0.2) is 13.4 Å². The summed E-state index contributed by atoms with van der Waals surface area (Å²) in [5.74, 6) is 1.21. The van der Waals surface area contributed by atoms with E-state index in [9.17, 15) is 21.6 Å². The van der Waals surface area contributed by atoms with Crippen molar-refractivity contribution in [3.8, 4) is 5.88 Å². The van der Waals surface area contributed by atoms with Gasteiger partial charge in [-0.15, -0.1) is 0 Å². The SMILES string of the molecule is C[C@@H](c1nc(OC2CCCCC2)c2ccccc2n1)N1CCN(S(=O)(=O)c2ccc(C(F)(F)F)cc2)CC1. The predicted molar refractivity (Wildman–Crippen MR) is 137 cm³/mol. The lowest BCUT2D eigenvalue weighted by Crippen LogP contribution is -2.49. The third kappa shape index (κ3) is 5.64. The number of hydrogen-bond donors (Lipinski definition) is 0. The number of hydrogen-bond acceptors (Lipinski definition) is 6. The van der Waals surface area contributed by atoms with Gasteiger partial charge in [-0.2, -0.15) is 22.5 Å². The third-order valence-corrected chi connectivity index (χ3v) is 9.34. The minimum atomic E-state index is -4.52. The molecule has 0 bridgehead atoms. The molecule has 2 aliphatic rings. The minimum absolute atomic E-state index is 0.143. The molecule has 1 aliphatic carbocycles. The Bertz CT molecular complexity index is 1370. The fourth-order valence-corrected chi connectivity index (χ4v) is 6.56. The van der Waals surface area contributed by atoms with E-state index in [0.717, 1.165) is 60.9 Å². The van der Waals surface area contributed by atoms with Crippen LogP contribution in [0.25, 0.3) is 10.9 Å². The largest absolute Gasteiger partial charge is 0.474 e. The summed E-state index contributed by atoms with van der Waals surface area (Å²) in [6, 6.07) is 11.2. The Labute approximate surface area is 220 Å². The van der Waals surface area contributed by atoms with Crippen LogP contribution in [0.3, 0.4) is 0 Å². The van der Waals surface area contributed by atoms with E-state index in [-0.39, 0.29) is 30.1 Å².